The van der Waals surface area contributed by atoms with Gasteiger partial charge in [-0.05, 0) is 27.7 Å². The molecule has 1 aromatic heterocycles. The summed E-state index contributed by atoms with van der Waals surface area (Å²) in [5.74, 6) is 0.910. The van der Waals surface area contributed by atoms with Crippen molar-refractivity contribution in [3.63, 3.8) is 0 Å². The first kappa shape index (κ1) is 13.7. The van der Waals surface area contributed by atoms with E-state index in [-0.39, 0.29) is 11.9 Å². The zero-order chi connectivity index (χ0) is 12.8. The highest BCUT2D eigenvalue weighted by Gasteiger charge is 2.08. The van der Waals surface area contributed by atoms with Crippen molar-refractivity contribution in [2.45, 2.75) is 46.7 Å². The van der Waals surface area contributed by atoms with E-state index >= 15 is 0 Å². The van der Waals surface area contributed by atoms with Crippen LogP contribution in [0.25, 0.3) is 0 Å². The molecule has 0 aliphatic rings. The van der Waals surface area contributed by atoms with Gasteiger partial charge in [-0.1, -0.05) is 5.16 Å². The smallest absolute Gasteiger partial charge is 0.221 e. The summed E-state index contributed by atoms with van der Waals surface area (Å²) in [5.41, 5.74) is 1.98. The lowest BCUT2D eigenvalue weighted by Crippen LogP contribution is -2.32. The van der Waals surface area contributed by atoms with Gasteiger partial charge in [0.25, 0.3) is 0 Å². The Labute approximate surface area is 102 Å². The first-order chi connectivity index (χ1) is 8.00. The normalized spacial score (nSPS) is 10.9. The minimum absolute atomic E-state index is 0.0752. The van der Waals surface area contributed by atoms with Crippen LogP contribution in [0.15, 0.2) is 4.52 Å². The van der Waals surface area contributed by atoms with Crippen LogP contribution in [-0.4, -0.2) is 23.7 Å². The molecule has 0 aliphatic carbocycles. The van der Waals surface area contributed by atoms with Crippen LogP contribution in [0.1, 0.15) is 37.3 Å². The van der Waals surface area contributed by atoms with Gasteiger partial charge in [-0.3, -0.25) is 4.79 Å². The van der Waals surface area contributed by atoms with Crippen LogP contribution < -0.4 is 10.6 Å². The minimum Gasteiger partial charge on any atom is -0.361 e. The molecule has 0 saturated carbocycles. The van der Waals surface area contributed by atoms with E-state index in [1.165, 1.54) is 0 Å². The maximum Gasteiger partial charge on any atom is 0.221 e. The number of nitrogens with zero attached hydrogens (tertiary/aromatic N) is 1. The monoisotopic (exact) mass is 239 g/mol. The van der Waals surface area contributed by atoms with Gasteiger partial charge in [0.15, 0.2) is 0 Å². The van der Waals surface area contributed by atoms with Crippen molar-refractivity contribution in [2.75, 3.05) is 6.54 Å². The van der Waals surface area contributed by atoms with Crippen molar-refractivity contribution >= 4 is 5.91 Å². The molecule has 0 aromatic carbocycles. The number of amides is 1. The van der Waals surface area contributed by atoms with Crippen LogP contribution in [0.2, 0.25) is 0 Å². The van der Waals surface area contributed by atoms with Crippen LogP contribution in [-0.2, 0) is 11.3 Å². The second-order valence-corrected chi connectivity index (χ2v) is 4.45. The third-order valence-electron chi connectivity index (χ3n) is 2.46. The lowest BCUT2D eigenvalue weighted by Gasteiger charge is -2.08. The summed E-state index contributed by atoms with van der Waals surface area (Å²) in [7, 11) is 0. The fraction of sp³-hybridized carbons (Fsp3) is 0.667. The molecule has 1 rings (SSSR count). The molecule has 0 atom stereocenters. The Balaban J connectivity index is 2.23. The van der Waals surface area contributed by atoms with Crippen molar-refractivity contribution in [1.29, 1.82) is 0 Å². The molecule has 0 saturated heterocycles. The van der Waals surface area contributed by atoms with Gasteiger partial charge in [0.05, 0.1) is 5.69 Å². The molecular weight excluding hydrogens is 218 g/mol. The molecule has 96 valence electrons. The van der Waals surface area contributed by atoms with Crippen molar-refractivity contribution in [3.05, 3.63) is 17.0 Å². The van der Waals surface area contributed by atoms with Gasteiger partial charge in [0, 0.05) is 31.1 Å². The maximum atomic E-state index is 11.4. The second-order valence-electron chi connectivity index (χ2n) is 4.45. The van der Waals surface area contributed by atoms with Crippen molar-refractivity contribution < 1.29 is 9.32 Å². The lowest BCUT2D eigenvalue weighted by molar-refractivity contribution is -0.121. The number of carbonyl (C=O) groups excluding carboxylic acids is 1. The number of aromatic nitrogens is 1. The van der Waals surface area contributed by atoms with E-state index in [4.69, 9.17) is 4.52 Å². The lowest BCUT2D eigenvalue weighted by atomic mass is 10.2. The van der Waals surface area contributed by atoms with Gasteiger partial charge < -0.3 is 15.2 Å². The zero-order valence-electron chi connectivity index (χ0n) is 11.0. The summed E-state index contributed by atoms with van der Waals surface area (Å²) in [6, 6.07) is 0.199. The van der Waals surface area contributed by atoms with Gasteiger partial charge in [-0.25, -0.2) is 0 Å². The summed E-state index contributed by atoms with van der Waals surface area (Å²) in [4.78, 5) is 11.4. The number of rotatable bonds is 6. The van der Waals surface area contributed by atoms with Crippen molar-refractivity contribution in [1.82, 2.24) is 15.8 Å². The average molecular weight is 239 g/mol. The first-order valence-electron chi connectivity index (χ1n) is 5.92. The molecule has 0 fully saturated rings. The molecule has 2 N–H and O–H groups in total. The fourth-order valence-electron chi connectivity index (χ4n) is 1.56. The molecule has 1 amide bonds. The third kappa shape index (κ3) is 4.56. The number of hydrogen-bond acceptors (Lipinski definition) is 4. The van der Waals surface area contributed by atoms with Gasteiger partial charge in [0.2, 0.25) is 5.91 Å². The van der Waals surface area contributed by atoms with Crippen LogP contribution in [0.3, 0.4) is 0 Å². The number of carbonyl (C=O) groups is 1. The molecular formula is C12H21N3O2. The second kappa shape index (κ2) is 6.39. The highest BCUT2D eigenvalue weighted by atomic mass is 16.5. The van der Waals surface area contributed by atoms with Crippen LogP contribution in [0.5, 0.6) is 0 Å². The van der Waals surface area contributed by atoms with Crippen LogP contribution in [0.4, 0.5) is 0 Å². The van der Waals surface area contributed by atoms with Gasteiger partial charge >= 0.3 is 0 Å². The summed E-state index contributed by atoms with van der Waals surface area (Å²) in [5, 5.41) is 9.94. The summed E-state index contributed by atoms with van der Waals surface area (Å²) >= 11 is 0. The molecule has 0 unspecified atom stereocenters. The number of aryl methyl sites for hydroxylation is 2. The van der Waals surface area contributed by atoms with Crippen LogP contribution in [0, 0.1) is 13.8 Å². The van der Waals surface area contributed by atoms with Crippen molar-refractivity contribution in [2.24, 2.45) is 0 Å². The van der Waals surface area contributed by atoms with E-state index in [2.05, 4.69) is 15.8 Å². The van der Waals surface area contributed by atoms with Gasteiger partial charge in [0.1, 0.15) is 5.76 Å². The quantitative estimate of drug-likeness (QED) is 0.734. The third-order valence-corrected chi connectivity index (χ3v) is 2.46. The Hall–Kier alpha value is -1.36. The van der Waals surface area contributed by atoms with E-state index in [1.807, 2.05) is 27.7 Å². The average Bonchev–Trinajstić information content (AvgIpc) is 2.54. The summed E-state index contributed by atoms with van der Waals surface area (Å²) in [6.45, 7) is 9.06. The number of hydrogen-bond donors (Lipinski definition) is 2. The molecule has 0 spiro atoms. The van der Waals surface area contributed by atoms with Crippen LogP contribution >= 0.6 is 0 Å². The highest BCUT2D eigenvalue weighted by molar-refractivity contribution is 5.76. The van der Waals surface area contributed by atoms with E-state index < -0.39 is 0 Å². The maximum absolute atomic E-state index is 11.4. The first-order valence-corrected chi connectivity index (χ1v) is 5.92. The van der Waals surface area contributed by atoms with Gasteiger partial charge in [-0.2, -0.15) is 0 Å². The summed E-state index contributed by atoms with van der Waals surface area (Å²) < 4.78 is 5.06. The fourth-order valence-corrected chi connectivity index (χ4v) is 1.56. The minimum atomic E-state index is 0.0752. The van der Waals surface area contributed by atoms with E-state index in [0.29, 0.717) is 19.5 Å². The molecule has 5 heteroatoms. The zero-order valence-corrected chi connectivity index (χ0v) is 11.0. The number of nitrogens with one attached hydrogen (secondary N) is 2. The predicted octanol–water partition coefficient (Wildman–Crippen LogP) is 1.30. The molecule has 0 radical (unpaired) electrons. The Morgan fingerprint density at radius 2 is 2.12 bits per heavy atom. The highest BCUT2D eigenvalue weighted by Crippen LogP contribution is 2.11. The Morgan fingerprint density at radius 1 is 1.41 bits per heavy atom. The molecule has 0 aliphatic heterocycles. The topological polar surface area (TPSA) is 67.2 Å². The van der Waals surface area contributed by atoms with E-state index in [9.17, 15) is 4.79 Å². The predicted molar refractivity (Wildman–Crippen MR) is 65.6 cm³/mol. The van der Waals surface area contributed by atoms with Crippen molar-refractivity contribution in [3.8, 4) is 0 Å². The molecule has 1 heterocycles. The van der Waals surface area contributed by atoms with E-state index in [0.717, 1.165) is 17.0 Å². The Kier molecular flexibility index (Phi) is 5.15. The Morgan fingerprint density at radius 3 is 2.65 bits per heavy atom. The molecule has 0 bridgehead atoms. The SMILES string of the molecule is Cc1noc(C)c1CNCCC(=O)NC(C)C. The van der Waals surface area contributed by atoms with Gasteiger partial charge in [-0.15, -0.1) is 0 Å². The standard InChI is InChI=1S/C12H21N3O2/c1-8(2)14-12(16)5-6-13-7-11-9(3)15-17-10(11)4/h8,13H,5-7H2,1-4H3,(H,14,16). The molecule has 1 aromatic rings. The van der Waals surface area contributed by atoms with E-state index in [1.54, 1.807) is 0 Å². The Bertz CT molecular complexity index is 352. The largest absolute Gasteiger partial charge is 0.361 e. The summed E-state index contributed by atoms with van der Waals surface area (Å²) in [6.07, 6.45) is 0.488. The molecule has 17 heavy (non-hydrogen) atoms. The molecule has 5 nitrogen and oxygen atoms in total.